The van der Waals surface area contributed by atoms with Crippen LogP contribution in [0.25, 0.3) is 44.6 Å². The van der Waals surface area contributed by atoms with Gasteiger partial charge in [0, 0.05) is 37.8 Å². The van der Waals surface area contributed by atoms with E-state index in [-0.39, 0.29) is 35.0 Å². The number of aromatic nitrogens is 8. The van der Waals surface area contributed by atoms with Gasteiger partial charge in [-0.15, -0.1) is 0 Å². The number of benzene rings is 3. The molecule has 0 amide bonds. The van der Waals surface area contributed by atoms with Crippen LogP contribution in [-0.4, -0.2) is 73.1 Å². The maximum Gasteiger partial charge on any atom is 0.224 e. The number of anilines is 7. The first kappa shape index (κ1) is 50.7. The van der Waals surface area contributed by atoms with Crippen LogP contribution in [0.5, 0.6) is 0 Å². The molecule has 0 bridgehead atoms. The zero-order valence-electron chi connectivity index (χ0n) is 41.1. The number of nitrogens with two attached hydrogens (primary N) is 4. The van der Waals surface area contributed by atoms with Crippen LogP contribution in [0.4, 0.5) is 41.1 Å². The Morgan fingerprint density at radius 3 is 1.15 bits per heavy atom. The minimum atomic E-state index is 0.0439. The number of carbonyl (C=O) groups excluding carboxylic acids is 2. The highest BCUT2D eigenvalue weighted by molar-refractivity contribution is 5.97. The smallest absolute Gasteiger partial charge is 0.224 e. The van der Waals surface area contributed by atoms with Crippen molar-refractivity contribution in [2.45, 2.75) is 69.2 Å². The van der Waals surface area contributed by atoms with E-state index in [2.05, 4.69) is 112 Å². The van der Waals surface area contributed by atoms with Crippen molar-refractivity contribution < 1.29 is 9.59 Å². The fourth-order valence-electron chi connectivity index (χ4n) is 8.43. The van der Waals surface area contributed by atoms with Crippen LogP contribution >= 0.6 is 0 Å². The third-order valence-electron chi connectivity index (χ3n) is 10.9. The predicted molar refractivity (Wildman–Crippen MR) is 278 cm³/mol. The van der Waals surface area contributed by atoms with E-state index in [4.69, 9.17) is 32.9 Å². The van der Waals surface area contributed by atoms with Gasteiger partial charge < -0.3 is 38.9 Å². The van der Waals surface area contributed by atoms with Crippen LogP contribution in [-0.2, 0) is 0 Å². The van der Waals surface area contributed by atoms with Gasteiger partial charge in [0.25, 0.3) is 0 Å². The summed E-state index contributed by atoms with van der Waals surface area (Å²) in [5.41, 5.74) is 39.4. The zero-order chi connectivity index (χ0) is 50.1. The summed E-state index contributed by atoms with van der Waals surface area (Å²) in [6.07, 6.45) is 0.584. The summed E-state index contributed by atoms with van der Waals surface area (Å²) in [7, 11) is 5.24. The molecule has 0 aliphatic carbocycles. The Hall–Kier alpha value is -8.34. The molecule has 17 heteroatoms. The van der Waals surface area contributed by atoms with Crippen LogP contribution in [0, 0.1) is 62.3 Å². The molecule has 0 saturated carbocycles. The van der Waals surface area contributed by atoms with Crippen LogP contribution in [0.15, 0.2) is 60.7 Å². The van der Waals surface area contributed by atoms with E-state index in [0.29, 0.717) is 35.0 Å². The Kier molecular flexibility index (Phi) is 16.2. The van der Waals surface area contributed by atoms with E-state index in [1.54, 1.807) is 14.0 Å². The first-order valence-corrected chi connectivity index (χ1v) is 21.7. The molecule has 0 aliphatic heterocycles. The van der Waals surface area contributed by atoms with Crippen LogP contribution in [0.2, 0.25) is 0 Å². The highest BCUT2D eigenvalue weighted by Crippen LogP contribution is 2.31. The van der Waals surface area contributed by atoms with Gasteiger partial charge in [-0.25, -0.2) is 9.97 Å². The molecule has 0 unspecified atom stereocenters. The van der Waals surface area contributed by atoms with Crippen molar-refractivity contribution >= 4 is 75.3 Å². The van der Waals surface area contributed by atoms with Gasteiger partial charge >= 0.3 is 0 Å². The van der Waals surface area contributed by atoms with E-state index in [0.717, 1.165) is 50.0 Å². The number of aldehydes is 1. The van der Waals surface area contributed by atoms with Gasteiger partial charge in [0.2, 0.25) is 17.8 Å². The van der Waals surface area contributed by atoms with Gasteiger partial charge in [0.15, 0.2) is 23.4 Å². The van der Waals surface area contributed by atoms with E-state index >= 15 is 0 Å². The topological polar surface area (TPSA) is 277 Å². The maximum atomic E-state index is 11.2. The molecule has 8 rings (SSSR count). The molecule has 352 valence electrons. The predicted octanol–water partition coefficient (Wildman–Crippen LogP) is 8.79. The van der Waals surface area contributed by atoms with Gasteiger partial charge in [-0.05, 0) is 127 Å². The number of nitrogens with zero attached hydrogens (tertiary/aromatic N) is 8. The number of ketones is 1. The molecule has 0 spiro atoms. The van der Waals surface area contributed by atoms with Crippen molar-refractivity contribution in [1.29, 1.82) is 0 Å². The number of hydrogen-bond acceptors (Lipinski definition) is 17. The normalized spacial score (nSPS) is 10.5. The summed E-state index contributed by atoms with van der Waals surface area (Å²) in [6.45, 7) is 20.3. The van der Waals surface area contributed by atoms with Crippen LogP contribution in [0.1, 0.15) is 77.7 Å². The maximum absolute atomic E-state index is 11.2. The lowest BCUT2D eigenvalue weighted by Crippen LogP contribution is -2.08. The molecule has 0 radical (unpaired) electrons. The van der Waals surface area contributed by atoms with Crippen molar-refractivity contribution in [3.63, 3.8) is 0 Å². The summed E-state index contributed by atoms with van der Waals surface area (Å²) in [5.74, 6) is 2.46. The average molecular weight is 916 g/mol. The number of aryl methyl sites for hydroxylation is 9. The third kappa shape index (κ3) is 11.7. The highest BCUT2D eigenvalue weighted by Gasteiger charge is 2.15. The third-order valence-corrected chi connectivity index (χ3v) is 10.9. The Morgan fingerprint density at radius 1 is 0.471 bits per heavy atom. The summed E-state index contributed by atoms with van der Waals surface area (Å²) >= 11 is 0. The second-order valence-corrected chi connectivity index (χ2v) is 16.5. The second-order valence-electron chi connectivity index (χ2n) is 16.5. The number of rotatable bonds is 7. The van der Waals surface area contributed by atoms with Gasteiger partial charge in [0.05, 0.1) is 27.7 Å². The standard InChI is InChI=1S/2C17H19N5.C11H14O.C6H9N5O/c2*1-9-7-10(2)14(11(3)8-9)13-6-5-12-15(19-4)21-17(18)22-16(12)20-13;1-7-5-8(2)11(10(4)12)9(3)6-7;1-9-5-3(2-12)4(7)10-6(8)11-5/h2*5-8H,1-4H3,(H3,18,19,20,21,22);5-6H,1-4H3;2H,1H3,(H5,7,8,9,10,11). The molecule has 8 aromatic rings. The summed E-state index contributed by atoms with van der Waals surface area (Å²) in [6, 6.07) is 20.8. The number of hydrogen-bond donors (Lipinski definition) is 7. The Bertz CT molecular complexity index is 2970. The minimum Gasteiger partial charge on any atom is -0.383 e. The number of Topliss-reactive ketones (excluding diaryl/α,β-unsaturated/α-hetero) is 1. The molecular formula is C51H61N15O2. The molecule has 0 saturated heterocycles. The van der Waals surface area contributed by atoms with E-state index in [9.17, 15) is 9.59 Å². The Morgan fingerprint density at radius 2 is 0.809 bits per heavy atom. The number of pyridine rings is 2. The molecule has 17 nitrogen and oxygen atoms in total. The van der Waals surface area contributed by atoms with Gasteiger partial charge in [0.1, 0.15) is 23.3 Å². The van der Waals surface area contributed by atoms with Crippen molar-refractivity contribution in [2.24, 2.45) is 0 Å². The average Bonchev–Trinajstić information content (AvgIpc) is 3.24. The molecule has 0 aliphatic rings. The lowest BCUT2D eigenvalue weighted by Gasteiger charge is -2.12. The van der Waals surface area contributed by atoms with E-state index in [1.165, 1.54) is 38.9 Å². The summed E-state index contributed by atoms with van der Waals surface area (Å²) < 4.78 is 0. The quantitative estimate of drug-likeness (QED) is 0.0581. The van der Waals surface area contributed by atoms with Crippen molar-refractivity contribution in [2.75, 3.05) is 60.0 Å². The highest BCUT2D eigenvalue weighted by atomic mass is 16.1. The van der Waals surface area contributed by atoms with Crippen molar-refractivity contribution in [3.05, 3.63) is 122 Å². The first-order chi connectivity index (χ1) is 32.2. The molecule has 5 aromatic heterocycles. The number of fused-ring (bicyclic) bond motifs is 2. The number of carbonyl (C=O) groups is 2. The van der Waals surface area contributed by atoms with Crippen molar-refractivity contribution in [3.8, 4) is 22.5 Å². The number of nitrogen functional groups attached to an aromatic ring is 4. The molecule has 0 fully saturated rings. The Labute approximate surface area is 397 Å². The number of nitrogens with one attached hydrogen (secondary N) is 3. The zero-order valence-corrected chi connectivity index (χ0v) is 41.1. The fraction of sp³-hybridized carbons (Fsp3) is 0.255. The molecule has 68 heavy (non-hydrogen) atoms. The molecular weight excluding hydrogens is 855 g/mol. The van der Waals surface area contributed by atoms with Gasteiger partial charge in [-0.2, -0.15) is 29.9 Å². The molecule has 3 aromatic carbocycles. The molecule has 0 atom stereocenters. The monoisotopic (exact) mass is 916 g/mol. The van der Waals surface area contributed by atoms with E-state index in [1.807, 2.05) is 71.3 Å². The van der Waals surface area contributed by atoms with Crippen LogP contribution in [0.3, 0.4) is 0 Å². The minimum absolute atomic E-state index is 0.0439. The largest absolute Gasteiger partial charge is 0.383 e. The van der Waals surface area contributed by atoms with Crippen LogP contribution < -0.4 is 38.9 Å². The second kappa shape index (κ2) is 21.8. The Balaban J connectivity index is 0.000000177. The lowest BCUT2D eigenvalue weighted by molar-refractivity contribution is 0.101. The van der Waals surface area contributed by atoms with E-state index < -0.39 is 0 Å². The molecule has 11 N–H and O–H groups in total. The SMILES string of the molecule is CC(=O)c1c(C)cc(C)cc1C.CNc1nc(N)nc(N)c1C=O.CNc1nc(N)nc2nc(-c3c(C)cc(C)cc3C)ccc12.CNc1nc(N)nc2nc(-c3c(C)cc(C)cc3C)ccc12. The summed E-state index contributed by atoms with van der Waals surface area (Å²) in [4.78, 5) is 55.4. The first-order valence-electron chi connectivity index (χ1n) is 21.7. The fourth-order valence-corrected chi connectivity index (χ4v) is 8.43. The summed E-state index contributed by atoms with van der Waals surface area (Å²) in [5, 5.41) is 10.5. The van der Waals surface area contributed by atoms with Gasteiger partial charge in [-0.1, -0.05) is 53.1 Å². The molecule has 5 heterocycles. The van der Waals surface area contributed by atoms with Gasteiger partial charge in [-0.3, -0.25) is 9.59 Å². The van der Waals surface area contributed by atoms with Crippen molar-refractivity contribution in [1.82, 2.24) is 39.9 Å². The lowest BCUT2D eigenvalue weighted by atomic mass is 9.97.